The van der Waals surface area contributed by atoms with Crippen molar-refractivity contribution in [2.45, 2.75) is 44.6 Å². The van der Waals surface area contributed by atoms with Gasteiger partial charge in [0, 0.05) is 31.4 Å². The van der Waals surface area contributed by atoms with Gasteiger partial charge in [0.25, 0.3) is 5.91 Å². The molecule has 0 unspecified atom stereocenters. The standard InChI is InChI=1S/C18H21N3O2.C2HF3O2/c1-13-5-6-14(23-13)12-20-10-7-17-16(20)8-11-21(17)18(22)15-4-2-3-9-19-15;3-2(4,5)1(6)7/h2-6,9,16-17H,7-8,10-12H2,1H3;(H,6,7)/t16-,17+;/m0./s1. The molecule has 162 valence electrons. The van der Waals surface area contributed by atoms with Crippen LogP contribution in [0.15, 0.2) is 40.9 Å². The molecule has 1 amide bonds. The van der Waals surface area contributed by atoms with E-state index >= 15 is 0 Å². The number of aromatic nitrogens is 1. The molecule has 4 heterocycles. The quantitative estimate of drug-likeness (QED) is 0.813. The largest absolute Gasteiger partial charge is 0.490 e. The van der Waals surface area contributed by atoms with Crippen LogP contribution in [0.4, 0.5) is 13.2 Å². The van der Waals surface area contributed by atoms with Crippen molar-refractivity contribution in [2.75, 3.05) is 13.1 Å². The summed E-state index contributed by atoms with van der Waals surface area (Å²) in [5, 5.41) is 7.12. The van der Waals surface area contributed by atoms with Gasteiger partial charge in [0.15, 0.2) is 0 Å². The fourth-order valence-electron chi connectivity index (χ4n) is 3.93. The number of carbonyl (C=O) groups is 2. The van der Waals surface area contributed by atoms with Gasteiger partial charge < -0.3 is 14.4 Å². The van der Waals surface area contributed by atoms with Gasteiger partial charge in [-0.05, 0) is 44.0 Å². The number of amides is 1. The van der Waals surface area contributed by atoms with Crippen LogP contribution in [-0.4, -0.2) is 63.1 Å². The Hall–Kier alpha value is -2.88. The Morgan fingerprint density at radius 1 is 1.17 bits per heavy atom. The molecule has 4 rings (SSSR count). The number of halogens is 3. The Kier molecular flexibility index (Phi) is 6.45. The van der Waals surface area contributed by atoms with Crippen LogP contribution in [0.1, 0.15) is 34.9 Å². The molecule has 0 saturated carbocycles. The highest BCUT2D eigenvalue weighted by Gasteiger charge is 2.44. The highest BCUT2D eigenvalue weighted by molar-refractivity contribution is 5.92. The van der Waals surface area contributed by atoms with E-state index in [-0.39, 0.29) is 5.91 Å². The van der Waals surface area contributed by atoms with Crippen LogP contribution in [0.5, 0.6) is 0 Å². The van der Waals surface area contributed by atoms with Crippen LogP contribution >= 0.6 is 0 Å². The molecule has 1 N–H and O–H groups in total. The number of aryl methyl sites for hydroxylation is 1. The Labute approximate surface area is 171 Å². The minimum atomic E-state index is -5.08. The van der Waals surface area contributed by atoms with Crippen LogP contribution in [0, 0.1) is 6.92 Å². The lowest BCUT2D eigenvalue weighted by Crippen LogP contribution is -2.39. The minimum absolute atomic E-state index is 0.0637. The molecule has 0 aromatic carbocycles. The number of carboxylic acids is 1. The summed E-state index contributed by atoms with van der Waals surface area (Å²) >= 11 is 0. The number of carboxylic acid groups (broad SMARTS) is 1. The maximum atomic E-state index is 12.7. The van der Waals surface area contributed by atoms with Gasteiger partial charge >= 0.3 is 12.1 Å². The lowest BCUT2D eigenvalue weighted by atomic mass is 10.1. The number of hydrogen-bond acceptors (Lipinski definition) is 5. The summed E-state index contributed by atoms with van der Waals surface area (Å²) in [6.07, 6.45) is -1.34. The second-order valence-electron chi connectivity index (χ2n) is 7.21. The van der Waals surface area contributed by atoms with Gasteiger partial charge in [0.05, 0.1) is 6.54 Å². The van der Waals surface area contributed by atoms with E-state index in [9.17, 15) is 18.0 Å². The molecule has 0 bridgehead atoms. The van der Waals surface area contributed by atoms with Crippen LogP contribution in [0.2, 0.25) is 0 Å². The molecule has 7 nitrogen and oxygen atoms in total. The summed E-state index contributed by atoms with van der Waals surface area (Å²) in [6, 6.07) is 10.3. The summed E-state index contributed by atoms with van der Waals surface area (Å²) < 4.78 is 37.4. The smallest absolute Gasteiger partial charge is 0.475 e. The van der Waals surface area contributed by atoms with E-state index in [1.54, 1.807) is 12.3 Å². The van der Waals surface area contributed by atoms with E-state index in [0.717, 1.165) is 44.0 Å². The molecule has 2 aliphatic rings. The molecular weight excluding hydrogens is 403 g/mol. The Bertz CT molecular complexity index is 885. The van der Waals surface area contributed by atoms with Gasteiger partial charge in [-0.25, -0.2) is 4.79 Å². The highest BCUT2D eigenvalue weighted by atomic mass is 19.4. The third kappa shape index (κ3) is 4.99. The molecule has 0 radical (unpaired) electrons. The first-order valence-corrected chi connectivity index (χ1v) is 9.48. The summed E-state index contributed by atoms with van der Waals surface area (Å²) in [5.41, 5.74) is 0.549. The second-order valence-corrected chi connectivity index (χ2v) is 7.21. The van der Waals surface area contributed by atoms with Gasteiger partial charge in [-0.15, -0.1) is 0 Å². The monoisotopic (exact) mass is 425 g/mol. The van der Waals surface area contributed by atoms with Gasteiger partial charge in [0.1, 0.15) is 17.2 Å². The van der Waals surface area contributed by atoms with Crippen molar-refractivity contribution in [3.05, 3.63) is 53.7 Å². The van der Waals surface area contributed by atoms with Crippen molar-refractivity contribution in [3.63, 3.8) is 0 Å². The molecule has 30 heavy (non-hydrogen) atoms. The first kappa shape index (κ1) is 21.8. The van der Waals surface area contributed by atoms with Gasteiger partial charge in [-0.2, -0.15) is 13.2 Å². The number of aliphatic carboxylic acids is 1. The third-order valence-electron chi connectivity index (χ3n) is 5.23. The molecule has 10 heteroatoms. The van der Waals surface area contributed by atoms with E-state index in [1.165, 1.54) is 0 Å². The number of pyridine rings is 1. The van der Waals surface area contributed by atoms with E-state index in [0.29, 0.717) is 17.8 Å². The molecule has 2 fully saturated rings. The highest BCUT2D eigenvalue weighted by Crippen LogP contribution is 2.33. The number of furan rings is 1. The number of likely N-dealkylation sites (tertiary alicyclic amines) is 2. The summed E-state index contributed by atoms with van der Waals surface area (Å²) in [6.45, 7) is 4.64. The summed E-state index contributed by atoms with van der Waals surface area (Å²) in [5.74, 6) is -0.729. The zero-order valence-electron chi connectivity index (χ0n) is 16.3. The van der Waals surface area contributed by atoms with E-state index in [4.69, 9.17) is 14.3 Å². The average Bonchev–Trinajstić information content (AvgIpc) is 3.40. The first-order chi connectivity index (χ1) is 14.2. The molecule has 2 aromatic heterocycles. The number of carbonyl (C=O) groups excluding carboxylic acids is 1. The number of fused-ring (bicyclic) bond motifs is 1. The van der Waals surface area contributed by atoms with Crippen LogP contribution in [0.3, 0.4) is 0 Å². The van der Waals surface area contributed by atoms with Gasteiger partial charge in [-0.1, -0.05) is 6.07 Å². The molecule has 2 aromatic rings. The summed E-state index contributed by atoms with van der Waals surface area (Å²) in [7, 11) is 0. The van der Waals surface area contributed by atoms with Crippen molar-refractivity contribution in [3.8, 4) is 0 Å². The predicted octanol–water partition coefficient (Wildman–Crippen LogP) is 3.11. The Morgan fingerprint density at radius 2 is 1.87 bits per heavy atom. The first-order valence-electron chi connectivity index (χ1n) is 9.48. The van der Waals surface area contributed by atoms with E-state index < -0.39 is 12.1 Å². The number of alkyl halides is 3. The van der Waals surface area contributed by atoms with Gasteiger partial charge in [0.2, 0.25) is 0 Å². The second kappa shape index (κ2) is 8.86. The molecule has 2 atom stereocenters. The maximum Gasteiger partial charge on any atom is 0.490 e. The number of hydrogen-bond donors (Lipinski definition) is 1. The van der Waals surface area contributed by atoms with Gasteiger partial charge in [-0.3, -0.25) is 14.7 Å². The number of rotatable bonds is 3. The fourth-order valence-corrected chi connectivity index (χ4v) is 3.93. The maximum absolute atomic E-state index is 12.7. The molecule has 2 aliphatic heterocycles. The van der Waals surface area contributed by atoms with Crippen LogP contribution in [0.25, 0.3) is 0 Å². The van der Waals surface area contributed by atoms with Crippen molar-refractivity contribution in [1.29, 1.82) is 0 Å². The molecule has 0 aliphatic carbocycles. The van der Waals surface area contributed by atoms with Crippen molar-refractivity contribution in [2.24, 2.45) is 0 Å². The zero-order valence-corrected chi connectivity index (χ0v) is 16.3. The summed E-state index contributed by atoms with van der Waals surface area (Å²) in [4.78, 5) is 30.3. The zero-order chi connectivity index (χ0) is 21.9. The topological polar surface area (TPSA) is 86.9 Å². The fraction of sp³-hybridized carbons (Fsp3) is 0.450. The Morgan fingerprint density at radius 3 is 2.43 bits per heavy atom. The van der Waals surface area contributed by atoms with Crippen molar-refractivity contribution < 1.29 is 32.3 Å². The Balaban J connectivity index is 0.000000318. The molecule has 0 spiro atoms. The lowest BCUT2D eigenvalue weighted by Gasteiger charge is -2.25. The van der Waals surface area contributed by atoms with E-state index in [1.807, 2.05) is 30.0 Å². The van der Waals surface area contributed by atoms with Crippen LogP contribution < -0.4 is 0 Å². The predicted molar refractivity (Wildman–Crippen MR) is 99.6 cm³/mol. The van der Waals surface area contributed by atoms with Crippen molar-refractivity contribution in [1.82, 2.24) is 14.8 Å². The van der Waals surface area contributed by atoms with Crippen molar-refractivity contribution >= 4 is 11.9 Å². The lowest BCUT2D eigenvalue weighted by molar-refractivity contribution is -0.192. The SMILES string of the molecule is Cc1ccc(CN2CC[C@@H]3[C@@H]2CCN3C(=O)c2ccccn2)o1.O=C(O)C(F)(F)F. The average molecular weight is 425 g/mol. The third-order valence-corrected chi connectivity index (χ3v) is 5.23. The molecular formula is C20H22F3N3O4. The van der Waals surface area contributed by atoms with Crippen LogP contribution in [-0.2, 0) is 11.3 Å². The van der Waals surface area contributed by atoms with E-state index in [2.05, 4.69) is 16.0 Å². The molecule has 2 saturated heterocycles. The normalized spacial score (nSPS) is 21.1. The number of nitrogens with zero attached hydrogens (tertiary/aromatic N) is 3. The minimum Gasteiger partial charge on any atom is -0.475 e.